The molecule has 0 aromatic carbocycles. The Labute approximate surface area is 465 Å². The van der Waals surface area contributed by atoms with E-state index >= 15 is 0 Å². The lowest BCUT2D eigenvalue weighted by Gasteiger charge is -2.18. The molecule has 0 aliphatic heterocycles. The molecule has 0 aliphatic carbocycles. The van der Waals surface area contributed by atoms with Crippen molar-refractivity contribution in [1.82, 2.24) is 0 Å². The Hall–Kier alpha value is -3.41. The molecule has 0 rings (SSSR count). The quantitative estimate of drug-likeness (QED) is 0.0261. The second-order valence-electron chi connectivity index (χ2n) is 21.3. The van der Waals surface area contributed by atoms with Crippen molar-refractivity contribution in [3.05, 3.63) is 85.1 Å². The van der Waals surface area contributed by atoms with Crippen LogP contribution in [0.25, 0.3) is 0 Å². The summed E-state index contributed by atoms with van der Waals surface area (Å²) in [5.41, 5.74) is 0. The molecule has 0 spiro atoms. The van der Waals surface area contributed by atoms with Crippen LogP contribution in [0.1, 0.15) is 316 Å². The van der Waals surface area contributed by atoms with Crippen LogP contribution in [0.2, 0.25) is 0 Å². The predicted molar refractivity (Wildman–Crippen MR) is 325 cm³/mol. The maximum atomic E-state index is 12.9. The van der Waals surface area contributed by atoms with E-state index in [-0.39, 0.29) is 31.1 Å². The van der Waals surface area contributed by atoms with Gasteiger partial charge in [0.2, 0.25) is 0 Å². The maximum Gasteiger partial charge on any atom is 0.306 e. The monoisotopic (exact) mass is 1040 g/mol. The summed E-state index contributed by atoms with van der Waals surface area (Å²) < 4.78 is 16.9. The SMILES string of the molecule is CC/C=C\C/C=C\C/C=C\C/C=C\C/C=C\CCCCCCCCCCCCCCCC(=O)OCC(COC(=O)CCCCCCCCCCCCCCCC)OC(=O)CCCCCCC/C=C\C/C=C\CCCC. The van der Waals surface area contributed by atoms with Crippen molar-refractivity contribution < 1.29 is 28.6 Å². The Morgan fingerprint density at radius 1 is 0.280 bits per heavy atom. The molecule has 6 nitrogen and oxygen atoms in total. The molecule has 0 aromatic rings. The van der Waals surface area contributed by atoms with Gasteiger partial charge in [-0.05, 0) is 89.9 Å². The second kappa shape index (κ2) is 63.1. The molecule has 0 bridgehead atoms. The third kappa shape index (κ3) is 61.3. The van der Waals surface area contributed by atoms with E-state index in [1.807, 2.05) is 0 Å². The van der Waals surface area contributed by atoms with Crippen LogP contribution in [0.3, 0.4) is 0 Å². The van der Waals surface area contributed by atoms with Crippen LogP contribution in [-0.2, 0) is 28.6 Å². The highest BCUT2D eigenvalue weighted by atomic mass is 16.6. The summed E-state index contributed by atoms with van der Waals surface area (Å²) in [4.78, 5) is 38.3. The molecule has 0 heterocycles. The summed E-state index contributed by atoms with van der Waals surface area (Å²) in [6.45, 7) is 6.50. The Morgan fingerprint density at radius 3 is 0.853 bits per heavy atom. The zero-order valence-corrected chi connectivity index (χ0v) is 49.6. The molecule has 432 valence electrons. The zero-order valence-electron chi connectivity index (χ0n) is 49.6. The van der Waals surface area contributed by atoms with Crippen molar-refractivity contribution >= 4 is 17.9 Å². The van der Waals surface area contributed by atoms with E-state index in [1.165, 1.54) is 161 Å². The molecule has 0 radical (unpaired) electrons. The lowest BCUT2D eigenvalue weighted by Crippen LogP contribution is -2.30. The Kier molecular flexibility index (Phi) is 60.3. The third-order valence-corrected chi connectivity index (χ3v) is 13.9. The van der Waals surface area contributed by atoms with Gasteiger partial charge in [0.15, 0.2) is 6.10 Å². The van der Waals surface area contributed by atoms with Gasteiger partial charge < -0.3 is 14.2 Å². The van der Waals surface area contributed by atoms with Crippen LogP contribution < -0.4 is 0 Å². The number of rotatable bonds is 58. The normalized spacial score (nSPS) is 12.6. The average Bonchev–Trinajstić information content (AvgIpc) is 3.41. The molecule has 0 aliphatic rings. The maximum absolute atomic E-state index is 12.9. The van der Waals surface area contributed by atoms with Gasteiger partial charge in [-0.2, -0.15) is 0 Å². The van der Waals surface area contributed by atoms with Gasteiger partial charge in [0, 0.05) is 19.3 Å². The minimum Gasteiger partial charge on any atom is -0.462 e. The van der Waals surface area contributed by atoms with Gasteiger partial charge in [-0.25, -0.2) is 0 Å². The van der Waals surface area contributed by atoms with Crippen molar-refractivity contribution in [2.24, 2.45) is 0 Å². The first-order valence-corrected chi connectivity index (χ1v) is 32.1. The molecule has 0 amide bonds. The summed E-state index contributed by atoms with van der Waals surface area (Å²) in [6, 6.07) is 0. The van der Waals surface area contributed by atoms with E-state index in [0.717, 1.165) is 116 Å². The molecule has 1 atom stereocenters. The molecule has 75 heavy (non-hydrogen) atoms. The predicted octanol–water partition coefficient (Wildman–Crippen LogP) is 21.9. The second-order valence-corrected chi connectivity index (χ2v) is 21.3. The molecule has 0 fully saturated rings. The van der Waals surface area contributed by atoms with Gasteiger partial charge in [0.1, 0.15) is 13.2 Å². The summed E-state index contributed by atoms with van der Waals surface area (Å²) in [6.07, 6.45) is 83.0. The molecule has 0 N–H and O–H groups in total. The first-order chi connectivity index (χ1) is 37.0. The summed E-state index contributed by atoms with van der Waals surface area (Å²) in [5.74, 6) is -0.881. The smallest absolute Gasteiger partial charge is 0.306 e. The van der Waals surface area contributed by atoms with Crippen LogP contribution >= 0.6 is 0 Å². The highest BCUT2D eigenvalue weighted by Gasteiger charge is 2.19. The Balaban J connectivity index is 4.23. The number of esters is 3. The molecule has 1 unspecified atom stereocenters. The summed E-state index contributed by atoms with van der Waals surface area (Å²) >= 11 is 0. The minimum atomic E-state index is -0.782. The van der Waals surface area contributed by atoms with Crippen molar-refractivity contribution in [2.45, 2.75) is 322 Å². The van der Waals surface area contributed by atoms with E-state index in [2.05, 4.69) is 106 Å². The molecule has 0 saturated carbocycles. The number of hydrogen-bond donors (Lipinski definition) is 0. The third-order valence-electron chi connectivity index (χ3n) is 13.9. The van der Waals surface area contributed by atoms with Crippen LogP contribution in [0, 0.1) is 0 Å². The van der Waals surface area contributed by atoms with Gasteiger partial charge in [0.05, 0.1) is 0 Å². The van der Waals surface area contributed by atoms with Gasteiger partial charge in [0.25, 0.3) is 0 Å². The summed E-state index contributed by atoms with van der Waals surface area (Å²) in [5, 5.41) is 0. The van der Waals surface area contributed by atoms with Crippen molar-refractivity contribution in [2.75, 3.05) is 13.2 Å². The van der Waals surface area contributed by atoms with E-state index in [4.69, 9.17) is 14.2 Å². The topological polar surface area (TPSA) is 78.9 Å². The number of allylic oxidation sites excluding steroid dienone is 14. The molecular weight excluding hydrogens is 925 g/mol. The number of unbranched alkanes of at least 4 members (excludes halogenated alkanes) is 33. The highest BCUT2D eigenvalue weighted by Crippen LogP contribution is 2.17. The van der Waals surface area contributed by atoms with Crippen molar-refractivity contribution in [3.63, 3.8) is 0 Å². The highest BCUT2D eigenvalue weighted by molar-refractivity contribution is 5.71. The zero-order chi connectivity index (χ0) is 54.3. The minimum absolute atomic E-state index is 0.0784. The van der Waals surface area contributed by atoms with Crippen molar-refractivity contribution in [3.8, 4) is 0 Å². The fraction of sp³-hybridized carbons (Fsp3) is 0.754. The fourth-order valence-electron chi connectivity index (χ4n) is 9.08. The Morgan fingerprint density at radius 2 is 0.533 bits per heavy atom. The van der Waals surface area contributed by atoms with Crippen LogP contribution in [0.15, 0.2) is 85.1 Å². The van der Waals surface area contributed by atoms with Crippen LogP contribution in [-0.4, -0.2) is 37.2 Å². The lowest BCUT2D eigenvalue weighted by atomic mass is 10.0. The summed E-state index contributed by atoms with van der Waals surface area (Å²) in [7, 11) is 0. The van der Waals surface area contributed by atoms with Crippen molar-refractivity contribution in [1.29, 1.82) is 0 Å². The fourth-order valence-corrected chi connectivity index (χ4v) is 9.08. The number of ether oxygens (including phenoxy) is 3. The number of carbonyl (C=O) groups is 3. The lowest BCUT2D eigenvalue weighted by molar-refractivity contribution is -0.167. The van der Waals surface area contributed by atoms with Gasteiger partial charge in [-0.3, -0.25) is 14.4 Å². The first-order valence-electron chi connectivity index (χ1n) is 32.1. The van der Waals surface area contributed by atoms with E-state index in [1.54, 1.807) is 0 Å². The molecular formula is C69H120O6. The average molecular weight is 1050 g/mol. The van der Waals surface area contributed by atoms with Gasteiger partial charge >= 0.3 is 17.9 Å². The number of carbonyl (C=O) groups excluding carboxylic acids is 3. The molecule has 0 saturated heterocycles. The van der Waals surface area contributed by atoms with Gasteiger partial charge in [-0.15, -0.1) is 0 Å². The first kappa shape index (κ1) is 71.6. The van der Waals surface area contributed by atoms with E-state index in [0.29, 0.717) is 19.3 Å². The van der Waals surface area contributed by atoms with E-state index < -0.39 is 6.10 Å². The van der Waals surface area contributed by atoms with Gasteiger partial charge in [-0.1, -0.05) is 292 Å². The largest absolute Gasteiger partial charge is 0.462 e. The molecule has 0 aromatic heterocycles. The Bertz CT molecular complexity index is 1430. The van der Waals surface area contributed by atoms with Crippen LogP contribution in [0.4, 0.5) is 0 Å². The van der Waals surface area contributed by atoms with Crippen LogP contribution in [0.5, 0.6) is 0 Å². The van der Waals surface area contributed by atoms with E-state index in [9.17, 15) is 14.4 Å². The molecule has 6 heteroatoms. The standard InChI is InChI=1S/C69H120O6/c1-4-7-10-13-16-19-22-25-28-29-30-31-32-33-34-35-36-37-38-39-40-41-42-45-47-50-53-56-59-62-68(71)74-65-66(75-69(72)63-60-57-54-51-48-44-27-24-21-18-15-12-9-6-3)64-73-67(70)61-58-55-52-49-46-43-26-23-20-17-14-11-8-5-2/h7,10,15-16,18-19,24-25,27-28,30-31,33-34,66H,4-6,8-9,11-14,17,20-23,26,29,32,35-65H2,1-3H3/b10-7-,18-15-,19-16-,27-24-,28-25-,31-30-,34-33-. The number of hydrogen-bond acceptors (Lipinski definition) is 6.